The molecule has 1 aliphatic rings. The molecule has 0 N–H and O–H groups in total. The first-order chi connectivity index (χ1) is 13.2. The van der Waals surface area contributed by atoms with Crippen molar-refractivity contribution in [2.75, 3.05) is 6.61 Å². The van der Waals surface area contributed by atoms with E-state index >= 15 is 0 Å². The molecule has 0 radical (unpaired) electrons. The largest absolute Gasteiger partial charge is 0.489 e. The molecule has 5 heteroatoms. The van der Waals surface area contributed by atoms with Crippen LogP contribution in [0.4, 0.5) is 0 Å². The molecular weight excluding hydrogens is 380 g/mol. The van der Waals surface area contributed by atoms with E-state index in [1.807, 2.05) is 60.7 Å². The second-order valence-electron chi connectivity index (χ2n) is 6.13. The molecule has 0 amide bonds. The van der Waals surface area contributed by atoms with E-state index in [0.717, 1.165) is 11.1 Å². The lowest BCUT2D eigenvalue weighted by Crippen LogP contribution is -2.30. The lowest BCUT2D eigenvalue weighted by atomic mass is 9.90. The zero-order valence-electron chi connectivity index (χ0n) is 14.4. The highest BCUT2D eigenvalue weighted by atomic mass is 35.5. The third-order valence-electron chi connectivity index (χ3n) is 4.39. The van der Waals surface area contributed by atoms with Crippen LogP contribution in [0.3, 0.4) is 0 Å². The van der Waals surface area contributed by atoms with E-state index in [-0.39, 0.29) is 12.6 Å². The highest BCUT2D eigenvalue weighted by Gasteiger charge is 2.52. The van der Waals surface area contributed by atoms with Crippen LogP contribution in [-0.4, -0.2) is 18.0 Å². The molecule has 1 atom stereocenters. The molecule has 27 heavy (non-hydrogen) atoms. The van der Waals surface area contributed by atoms with Gasteiger partial charge in [-0.05, 0) is 35.4 Å². The van der Waals surface area contributed by atoms with E-state index in [4.69, 9.17) is 21.1 Å². The summed E-state index contributed by atoms with van der Waals surface area (Å²) in [5.41, 5.74) is 1.40. The van der Waals surface area contributed by atoms with Gasteiger partial charge in [-0.1, -0.05) is 84.0 Å². The van der Waals surface area contributed by atoms with Gasteiger partial charge in [-0.3, -0.25) is 0 Å². The van der Waals surface area contributed by atoms with Crippen molar-refractivity contribution >= 4 is 29.3 Å². The van der Waals surface area contributed by atoms with Gasteiger partial charge in [-0.25, -0.2) is 4.79 Å². The number of ether oxygens (including phenoxy) is 2. The third-order valence-corrected chi connectivity index (χ3v) is 6.13. The van der Waals surface area contributed by atoms with Gasteiger partial charge in [0.1, 0.15) is 12.4 Å². The first-order valence-corrected chi connectivity index (χ1v) is 9.82. The van der Waals surface area contributed by atoms with Crippen LogP contribution in [0.15, 0.2) is 84.9 Å². The normalized spacial score (nSPS) is 18.1. The van der Waals surface area contributed by atoms with E-state index < -0.39 is 10.2 Å². The summed E-state index contributed by atoms with van der Waals surface area (Å²) >= 11 is 7.37. The Labute approximate surface area is 167 Å². The molecule has 1 unspecified atom stereocenters. The van der Waals surface area contributed by atoms with Gasteiger partial charge in [0, 0.05) is 5.02 Å². The number of hydrogen-bond donors (Lipinski definition) is 0. The summed E-state index contributed by atoms with van der Waals surface area (Å²) in [6.45, 7) is 0.263. The molecule has 0 saturated carbocycles. The molecule has 3 aromatic carbocycles. The van der Waals surface area contributed by atoms with Crippen LogP contribution in [0.2, 0.25) is 5.02 Å². The molecule has 136 valence electrons. The first kappa shape index (κ1) is 18.0. The number of hydrogen-bond acceptors (Lipinski definition) is 4. The maximum Gasteiger partial charge on any atom is 0.332 e. The molecule has 1 saturated heterocycles. The number of benzene rings is 3. The molecule has 0 bridgehead atoms. The Morgan fingerprint density at radius 2 is 1.44 bits per heavy atom. The summed E-state index contributed by atoms with van der Waals surface area (Å²) < 4.78 is 10.6. The zero-order valence-corrected chi connectivity index (χ0v) is 16.0. The highest BCUT2D eigenvalue weighted by molar-refractivity contribution is 8.02. The number of esters is 1. The Kier molecular flexibility index (Phi) is 5.10. The Morgan fingerprint density at radius 3 is 2.00 bits per heavy atom. The summed E-state index contributed by atoms with van der Waals surface area (Å²) in [5, 5.41) is 0.649. The minimum atomic E-state index is -0.892. The molecule has 1 fully saturated rings. The number of rotatable bonds is 5. The van der Waals surface area contributed by atoms with Gasteiger partial charge < -0.3 is 9.47 Å². The van der Waals surface area contributed by atoms with Crippen LogP contribution in [0.25, 0.3) is 0 Å². The van der Waals surface area contributed by atoms with Crippen LogP contribution >= 0.6 is 23.4 Å². The SMILES string of the molecule is O=C1OC(COc2ccc(Cl)cc2)SC1(c1ccccc1)c1ccccc1. The monoisotopic (exact) mass is 396 g/mol. The van der Waals surface area contributed by atoms with Crippen molar-refractivity contribution in [1.29, 1.82) is 0 Å². The molecule has 0 aromatic heterocycles. The molecule has 1 aliphatic heterocycles. The Morgan fingerprint density at radius 1 is 0.889 bits per heavy atom. The maximum absolute atomic E-state index is 13.0. The molecule has 0 aliphatic carbocycles. The van der Waals surface area contributed by atoms with Crippen molar-refractivity contribution < 1.29 is 14.3 Å². The van der Waals surface area contributed by atoms with E-state index in [1.54, 1.807) is 24.3 Å². The molecular formula is C22H17ClO3S. The van der Waals surface area contributed by atoms with Gasteiger partial charge in [-0.15, -0.1) is 0 Å². The minimum Gasteiger partial charge on any atom is -0.489 e. The van der Waals surface area contributed by atoms with E-state index in [0.29, 0.717) is 10.8 Å². The van der Waals surface area contributed by atoms with Crippen LogP contribution in [0, 0.1) is 0 Å². The van der Waals surface area contributed by atoms with Gasteiger partial charge in [-0.2, -0.15) is 0 Å². The highest BCUT2D eigenvalue weighted by Crippen LogP contribution is 2.51. The summed E-state index contributed by atoms with van der Waals surface area (Å²) in [6.07, 6.45) is 0. The van der Waals surface area contributed by atoms with Gasteiger partial charge in [0.2, 0.25) is 0 Å². The Balaban J connectivity index is 1.61. The third kappa shape index (κ3) is 3.55. The molecule has 3 nitrogen and oxygen atoms in total. The van der Waals surface area contributed by atoms with Gasteiger partial charge in [0.25, 0.3) is 0 Å². The Bertz CT molecular complexity index is 874. The predicted octanol–water partition coefficient (Wildman–Crippen LogP) is 5.28. The fourth-order valence-corrected chi connectivity index (χ4v) is 4.60. The summed E-state index contributed by atoms with van der Waals surface area (Å²) in [4.78, 5) is 13.0. The number of halogens is 1. The smallest absolute Gasteiger partial charge is 0.332 e. The zero-order chi connectivity index (χ0) is 18.7. The molecule has 0 spiro atoms. The fraction of sp³-hybridized carbons (Fsp3) is 0.136. The minimum absolute atomic E-state index is 0.263. The van der Waals surface area contributed by atoms with E-state index in [9.17, 15) is 4.79 Å². The van der Waals surface area contributed by atoms with E-state index in [1.165, 1.54) is 11.8 Å². The first-order valence-electron chi connectivity index (χ1n) is 8.57. The molecule has 3 aromatic rings. The Hall–Kier alpha value is -2.43. The van der Waals surface area contributed by atoms with Crippen molar-refractivity contribution in [1.82, 2.24) is 0 Å². The average Bonchev–Trinajstić information content (AvgIpc) is 3.06. The van der Waals surface area contributed by atoms with Crippen molar-refractivity contribution in [3.8, 4) is 5.75 Å². The van der Waals surface area contributed by atoms with Crippen molar-refractivity contribution in [2.45, 2.75) is 10.2 Å². The van der Waals surface area contributed by atoms with Gasteiger partial charge >= 0.3 is 5.97 Å². The van der Waals surface area contributed by atoms with Gasteiger partial charge in [0.15, 0.2) is 10.2 Å². The van der Waals surface area contributed by atoms with E-state index in [2.05, 4.69) is 0 Å². The predicted molar refractivity (Wildman–Crippen MR) is 108 cm³/mol. The van der Waals surface area contributed by atoms with Crippen LogP contribution < -0.4 is 4.74 Å². The van der Waals surface area contributed by atoms with Crippen molar-refractivity contribution in [2.24, 2.45) is 0 Å². The van der Waals surface area contributed by atoms with Crippen LogP contribution in [-0.2, 0) is 14.3 Å². The van der Waals surface area contributed by atoms with Crippen LogP contribution in [0.1, 0.15) is 11.1 Å². The van der Waals surface area contributed by atoms with Crippen LogP contribution in [0.5, 0.6) is 5.75 Å². The molecule has 1 heterocycles. The van der Waals surface area contributed by atoms with Gasteiger partial charge in [0.05, 0.1) is 0 Å². The maximum atomic E-state index is 13.0. The quantitative estimate of drug-likeness (QED) is 0.550. The number of cyclic esters (lactones) is 1. The second-order valence-corrected chi connectivity index (χ2v) is 7.94. The standard InChI is InChI=1S/C22H17ClO3S/c23-18-11-13-19(14-12-18)25-15-20-26-21(24)22(27-20,16-7-3-1-4-8-16)17-9-5-2-6-10-17/h1-14,20H,15H2. The summed E-state index contributed by atoms with van der Waals surface area (Å²) in [6, 6.07) is 26.6. The molecule has 4 rings (SSSR count). The number of carbonyl (C=O) groups is 1. The number of carbonyl (C=O) groups excluding carboxylic acids is 1. The average molecular weight is 397 g/mol. The lowest BCUT2D eigenvalue weighted by Gasteiger charge is -2.25. The lowest BCUT2D eigenvalue weighted by molar-refractivity contribution is -0.145. The summed E-state index contributed by atoms with van der Waals surface area (Å²) in [5.74, 6) is 0.419. The second kappa shape index (κ2) is 7.67. The van der Waals surface area contributed by atoms with Crippen molar-refractivity contribution in [3.63, 3.8) is 0 Å². The summed E-state index contributed by atoms with van der Waals surface area (Å²) in [7, 11) is 0. The topological polar surface area (TPSA) is 35.5 Å². The number of thioether (sulfide) groups is 1. The van der Waals surface area contributed by atoms with Crippen molar-refractivity contribution in [3.05, 3.63) is 101 Å². The fourth-order valence-electron chi connectivity index (χ4n) is 3.12.